The maximum atomic E-state index is 12.1. The third-order valence-corrected chi connectivity index (χ3v) is 4.24. The molecule has 0 spiro atoms. The quantitative estimate of drug-likeness (QED) is 0.495. The summed E-state index contributed by atoms with van der Waals surface area (Å²) in [5.41, 5.74) is 2.53. The molecule has 142 valence electrons. The largest absolute Gasteiger partial charge is 0.449 e. The highest BCUT2D eigenvalue weighted by molar-refractivity contribution is 6.35. The van der Waals surface area contributed by atoms with Crippen LogP contribution in [0.1, 0.15) is 37.8 Å². The minimum absolute atomic E-state index is 0.397. The highest BCUT2D eigenvalue weighted by Gasteiger charge is 2.17. The van der Waals surface area contributed by atoms with Gasteiger partial charge in [-0.25, -0.2) is 4.79 Å². The Balaban J connectivity index is 1.91. The molecule has 0 aliphatic heterocycles. The molecule has 0 aliphatic carbocycles. The standard InChI is InChI=1S/C21H21Cl2NO3/c1-13(2)16-7-4-15(5-8-16)6-9-20(25)27-14(3)21(26)24-19-11-17(22)10-18(23)12-19/h4-14H,1-3H3,(H,24,26)/b9-6+/t14-/m1/s1. The van der Waals surface area contributed by atoms with Crippen LogP contribution in [-0.2, 0) is 14.3 Å². The molecule has 2 aromatic rings. The number of halogens is 2. The first-order valence-corrected chi connectivity index (χ1v) is 9.26. The van der Waals surface area contributed by atoms with Gasteiger partial charge in [0.25, 0.3) is 5.91 Å². The average Bonchev–Trinajstić information content (AvgIpc) is 2.59. The van der Waals surface area contributed by atoms with E-state index in [1.165, 1.54) is 18.6 Å². The van der Waals surface area contributed by atoms with Gasteiger partial charge < -0.3 is 10.1 Å². The Morgan fingerprint density at radius 2 is 1.59 bits per heavy atom. The number of benzene rings is 2. The molecule has 1 N–H and O–H groups in total. The van der Waals surface area contributed by atoms with E-state index >= 15 is 0 Å². The minimum atomic E-state index is -0.969. The molecule has 1 atom stereocenters. The van der Waals surface area contributed by atoms with Gasteiger partial charge in [-0.05, 0) is 48.2 Å². The molecule has 2 aromatic carbocycles. The number of anilines is 1. The third kappa shape index (κ3) is 6.74. The van der Waals surface area contributed by atoms with Gasteiger partial charge in [-0.2, -0.15) is 0 Å². The number of nitrogens with one attached hydrogen (secondary N) is 1. The first-order valence-electron chi connectivity index (χ1n) is 8.50. The van der Waals surface area contributed by atoms with Crippen LogP contribution in [0.3, 0.4) is 0 Å². The zero-order chi connectivity index (χ0) is 20.0. The summed E-state index contributed by atoms with van der Waals surface area (Å²) >= 11 is 11.8. The van der Waals surface area contributed by atoms with Crippen LogP contribution in [-0.4, -0.2) is 18.0 Å². The summed E-state index contributed by atoms with van der Waals surface area (Å²) in [4.78, 5) is 24.1. The monoisotopic (exact) mass is 405 g/mol. The molecular weight excluding hydrogens is 385 g/mol. The molecule has 27 heavy (non-hydrogen) atoms. The van der Waals surface area contributed by atoms with E-state index in [2.05, 4.69) is 19.2 Å². The first-order chi connectivity index (χ1) is 12.7. The molecule has 0 heterocycles. The van der Waals surface area contributed by atoms with Crippen LogP contribution in [0.4, 0.5) is 5.69 Å². The van der Waals surface area contributed by atoms with Gasteiger partial charge in [0.1, 0.15) is 0 Å². The smallest absolute Gasteiger partial charge is 0.331 e. The van der Waals surface area contributed by atoms with E-state index in [-0.39, 0.29) is 0 Å². The first kappa shape index (κ1) is 21.0. The van der Waals surface area contributed by atoms with E-state index in [4.69, 9.17) is 27.9 Å². The summed E-state index contributed by atoms with van der Waals surface area (Å²) in [6.45, 7) is 5.72. The van der Waals surface area contributed by atoms with Gasteiger partial charge in [0.2, 0.25) is 0 Å². The molecule has 4 nitrogen and oxygen atoms in total. The zero-order valence-corrected chi connectivity index (χ0v) is 16.8. The number of hydrogen-bond acceptors (Lipinski definition) is 3. The number of hydrogen-bond donors (Lipinski definition) is 1. The zero-order valence-electron chi connectivity index (χ0n) is 15.3. The maximum absolute atomic E-state index is 12.1. The number of carbonyl (C=O) groups is 2. The van der Waals surface area contributed by atoms with Crippen molar-refractivity contribution in [2.75, 3.05) is 5.32 Å². The second kappa shape index (κ2) is 9.58. The summed E-state index contributed by atoms with van der Waals surface area (Å²) < 4.78 is 5.12. The van der Waals surface area contributed by atoms with Gasteiger partial charge >= 0.3 is 5.97 Å². The topological polar surface area (TPSA) is 55.4 Å². The van der Waals surface area contributed by atoms with Gasteiger partial charge in [-0.15, -0.1) is 0 Å². The molecule has 0 bridgehead atoms. The van der Waals surface area contributed by atoms with E-state index in [1.807, 2.05) is 24.3 Å². The molecule has 1 amide bonds. The van der Waals surface area contributed by atoms with Crippen LogP contribution < -0.4 is 5.32 Å². The van der Waals surface area contributed by atoms with Crippen LogP contribution in [0, 0.1) is 0 Å². The molecule has 0 radical (unpaired) electrons. The van der Waals surface area contributed by atoms with Crippen LogP contribution in [0.5, 0.6) is 0 Å². The number of carbonyl (C=O) groups excluding carboxylic acids is 2. The highest BCUT2D eigenvalue weighted by atomic mass is 35.5. The van der Waals surface area contributed by atoms with E-state index in [9.17, 15) is 9.59 Å². The van der Waals surface area contributed by atoms with Gasteiger partial charge in [-0.3, -0.25) is 4.79 Å². The predicted octanol–water partition coefficient (Wildman–Crippen LogP) is 5.70. The van der Waals surface area contributed by atoms with E-state index in [0.717, 1.165) is 5.56 Å². The summed E-state index contributed by atoms with van der Waals surface area (Å²) in [5.74, 6) is -0.632. The Hall–Kier alpha value is -2.30. The van der Waals surface area contributed by atoms with Crippen molar-refractivity contribution in [3.05, 3.63) is 69.7 Å². The van der Waals surface area contributed by atoms with Crippen molar-refractivity contribution in [2.45, 2.75) is 32.8 Å². The molecule has 2 rings (SSSR count). The van der Waals surface area contributed by atoms with Crippen LogP contribution >= 0.6 is 23.2 Å². The average molecular weight is 406 g/mol. The molecule has 0 fully saturated rings. The van der Waals surface area contributed by atoms with Gasteiger partial charge in [0, 0.05) is 21.8 Å². The van der Waals surface area contributed by atoms with Crippen molar-refractivity contribution in [1.29, 1.82) is 0 Å². The SMILES string of the molecule is CC(C)c1ccc(/C=C/C(=O)O[C@H](C)C(=O)Nc2cc(Cl)cc(Cl)c2)cc1. The lowest BCUT2D eigenvalue weighted by Gasteiger charge is -2.12. The Labute approximate surface area is 169 Å². The molecule has 6 heteroatoms. The summed E-state index contributed by atoms with van der Waals surface area (Å²) in [5, 5.41) is 3.40. The second-order valence-corrected chi connectivity index (χ2v) is 7.25. The van der Waals surface area contributed by atoms with Crippen molar-refractivity contribution < 1.29 is 14.3 Å². The highest BCUT2D eigenvalue weighted by Crippen LogP contribution is 2.22. The Morgan fingerprint density at radius 1 is 1.00 bits per heavy atom. The summed E-state index contributed by atoms with van der Waals surface area (Å²) in [7, 11) is 0. The fourth-order valence-corrected chi connectivity index (χ4v) is 2.82. The second-order valence-electron chi connectivity index (χ2n) is 6.38. The van der Waals surface area contributed by atoms with Crippen molar-refractivity contribution in [3.63, 3.8) is 0 Å². The van der Waals surface area contributed by atoms with Crippen molar-refractivity contribution >= 4 is 46.8 Å². The summed E-state index contributed by atoms with van der Waals surface area (Å²) in [6, 6.07) is 12.6. The number of amides is 1. The van der Waals surface area contributed by atoms with Crippen LogP contribution in [0.15, 0.2) is 48.5 Å². The minimum Gasteiger partial charge on any atom is -0.449 e. The third-order valence-electron chi connectivity index (χ3n) is 3.81. The Kier molecular flexibility index (Phi) is 7.45. The van der Waals surface area contributed by atoms with E-state index in [0.29, 0.717) is 21.7 Å². The molecule has 0 aliphatic rings. The number of ether oxygens (including phenoxy) is 1. The van der Waals surface area contributed by atoms with E-state index in [1.54, 1.807) is 24.3 Å². The summed E-state index contributed by atoms with van der Waals surface area (Å²) in [6.07, 6.45) is 1.97. The normalized spacial score (nSPS) is 12.2. The molecule has 0 aromatic heterocycles. The molecule has 0 saturated heterocycles. The fraction of sp³-hybridized carbons (Fsp3) is 0.238. The van der Waals surface area contributed by atoms with Gasteiger partial charge in [0.15, 0.2) is 6.10 Å². The fourth-order valence-electron chi connectivity index (χ4n) is 2.29. The van der Waals surface area contributed by atoms with Crippen molar-refractivity contribution in [2.24, 2.45) is 0 Å². The van der Waals surface area contributed by atoms with Gasteiger partial charge in [-0.1, -0.05) is 61.3 Å². The predicted molar refractivity (Wildman–Crippen MR) is 110 cm³/mol. The number of rotatable bonds is 6. The lowest BCUT2D eigenvalue weighted by atomic mass is 10.0. The number of esters is 1. The molecule has 0 saturated carbocycles. The lowest BCUT2D eigenvalue weighted by Crippen LogP contribution is -2.29. The van der Waals surface area contributed by atoms with Crippen molar-refractivity contribution in [1.82, 2.24) is 0 Å². The Morgan fingerprint density at radius 3 is 2.15 bits per heavy atom. The molecular formula is C21H21Cl2NO3. The Bertz CT molecular complexity index is 825. The van der Waals surface area contributed by atoms with Crippen LogP contribution in [0.25, 0.3) is 6.08 Å². The lowest BCUT2D eigenvalue weighted by molar-refractivity contribution is -0.148. The van der Waals surface area contributed by atoms with E-state index < -0.39 is 18.0 Å². The van der Waals surface area contributed by atoms with Crippen LogP contribution in [0.2, 0.25) is 10.0 Å². The maximum Gasteiger partial charge on any atom is 0.331 e. The van der Waals surface area contributed by atoms with Crippen molar-refractivity contribution in [3.8, 4) is 0 Å². The van der Waals surface area contributed by atoms with Gasteiger partial charge in [0.05, 0.1) is 0 Å². The molecule has 0 unspecified atom stereocenters.